The van der Waals surface area contributed by atoms with Crippen molar-refractivity contribution in [1.82, 2.24) is 9.88 Å². The van der Waals surface area contributed by atoms with E-state index in [4.69, 9.17) is 0 Å². The number of ketones is 1. The molecule has 0 aliphatic rings. The molecule has 3 heteroatoms. The minimum absolute atomic E-state index is 0.200. The molecule has 2 rings (SSSR count). The first kappa shape index (κ1) is 15.6. The molecule has 0 spiro atoms. The zero-order chi connectivity index (χ0) is 15.5. The fourth-order valence-electron chi connectivity index (χ4n) is 3.06. The Kier molecular flexibility index (Phi) is 4.73. The van der Waals surface area contributed by atoms with E-state index in [1.165, 1.54) is 0 Å². The van der Waals surface area contributed by atoms with E-state index in [0.29, 0.717) is 0 Å². The van der Waals surface area contributed by atoms with Crippen LogP contribution in [0.15, 0.2) is 36.7 Å². The Bertz CT molecular complexity index is 629. The fourth-order valence-corrected chi connectivity index (χ4v) is 3.06. The molecule has 0 bridgehead atoms. The number of carbonyl (C=O) groups excluding carboxylic acids is 1. The Morgan fingerprint density at radius 3 is 2.52 bits per heavy atom. The number of hydrogen-bond acceptors (Lipinski definition) is 3. The lowest BCUT2D eigenvalue weighted by molar-refractivity contribution is 0.0609. The lowest BCUT2D eigenvalue weighted by atomic mass is 9.85. The summed E-state index contributed by atoms with van der Waals surface area (Å²) in [6, 6.07) is 7.80. The number of Topliss-reactive ketones (excluding diaryl/α,β-unsaturated/α-hetero) is 1. The molecule has 0 saturated heterocycles. The molecule has 1 aromatic carbocycles. The van der Waals surface area contributed by atoms with Gasteiger partial charge in [0.05, 0.1) is 5.54 Å². The zero-order valence-corrected chi connectivity index (χ0v) is 13.4. The van der Waals surface area contributed by atoms with Gasteiger partial charge in [0, 0.05) is 23.3 Å². The molecule has 1 unspecified atom stereocenters. The summed E-state index contributed by atoms with van der Waals surface area (Å²) < 4.78 is 0. The van der Waals surface area contributed by atoms with Gasteiger partial charge in [-0.1, -0.05) is 39.0 Å². The van der Waals surface area contributed by atoms with Gasteiger partial charge < -0.3 is 0 Å². The highest BCUT2D eigenvalue weighted by Gasteiger charge is 2.37. The van der Waals surface area contributed by atoms with Crippen molar-refractivity contribution < 1.29 is 4.79 Å². The van der Waals surface area contributed by atoms with Gasteiger partial charge in [-0.3, -0.25) is 14.7 Å². The van der Waals surface area contributed by atoms with Crippen LogP contribution in [0.2, 0.25) is 0 Å². The minimum atomic E-state index is -0.457. The Labute approximate surface area is 127 Å². The average Bonchev–Trinajstić information content (AvgIpc) is 2.54. The van der Waals surface area contributed by atoms with E-state index < -0.39 is 5.54 Å². The van der Waals surface area contributed by atoms with Gasteiger partial charge in [0.15, 0.2) is 5.78 Å². The number of hydrogen-bond donors (Lipinski definition) is 0. The Hall–Kier alpha value is -1.74. The first-order chi connectivity index (χ1) is 10.1. The van der Waals surface area contributed by atoms with E-state index in [1.54, 1.807) is 6.20 Å². The van der Waals surface area contributed by atoms with Crippen LogP contribution in [0.25, 0.3) is 10.8 Å². The number of rotatable bonds is 6. The van der Waals surface area contributed by atoms with Crippen LogP contribution >= 0.6 is 0 Å². The fraction of sp³-hybridized carbons (Fsp3) is 0.444. The largest absolute Gasteiger partial charge is 0.292 e. The molecule has 2 aromatic rings. The third kappa shape index (κ3) is 2.70. The Morgan fingerprint density at radius 1 is 1.19 bits per heavy atom. The third-order valence-corrected chi connectivity index (χ3v) is 4.56. The molecular weight excluding hydrogens is 260 g/mol. The molecule has 0 fully saturated rings. The highest BCUT2D eigenvalue weighted by molar-refractivity contribution is 6.12. The highest BCUT2D eigenvalue weighted by Crippen LogP contribution is 2.28. The van der Waals surface area contributed by atoms with Crippen molar-refractivity contribution in [1.29, 1.82) is 0 Å². The summed E-state index contributed by atoms with van der Waals surface area (Å²) >= 11 is 0. The lowest BCUT2D eigenvalue weighted by Gasteiger charge is -2.38. The van der Waals surface area contributed by atoms with Crippen LogP contribution in [0.3, 0.4) is 0 Å². The molecule has 21 heavy (non-hydrogen) atoms. The predicted molar refractivity (Wildman–Crippen MR) is 87.7 cm³/mol. The normalized spacial score (nSPS) is 14.3. The molecule has 1 heterocycles. The summed E-state index contributed by atoms with van der Waals surface area (Å²) in [7, 11) is 0. The second-order valence-corrected chi connectivity index (χ2v) is 5.53. The van der Waals surface area contributed by atoms with Crippen molar-refractivity contribution in [3.05, 3.63) is 42.2 Å². The van der Waals surface area contributed by atoms with E-state index in [0.717, 1.165) is 35.8 Å². The summed E-state index contributed by atoms with van der Waals surface area (Å²) in [6.07, 6.45) is 4.36. The predicted octanol–water partition coefficient (Wildman–Crippen LogP) is 3.93. The molecule has 0 aliphatic carbocycles. The average molecular weight is 284 g/mol. The van der Waals surface area contributed by atoms with Gasteiger partial charge >= 0.3 is 0 Å². The van der Waals surface area contributed by atoms with Gasteiger partial charge in [0.2, 0.25) is 0 Å². The Morgan fingerprint density at radius 2 is 1.90 bits per heavy atom. The van der Waals surface area contributed by atoms with E-state index in [2.05, 4.69) is 37.6 Å². The molecule has 0 aliphatic heterocycles. The number of aromatic nitrogens is 1. The summed E-state index contributed by atoms with van der Waals surface area (Å²) in [5.74, 6) is 0.200. The molecule has 112 valence electrons. The second kappa shape index (κ2) is 6.35. The SMILES string of the molecule is CCN(CC)C(C)(CC)C(=O)c1cccc2cnccc12. The quantitative estimate of drug-likeness (QED) is 0.754. The molecule has 1 aromatic heterocycles. The maximum Gasteiger partial charge on any atom is 0.183 e. The van der Waals surface area contributed by atoms with Crippen molar-refractivity contribution in [2.24, 2.45) is 0 Å². The van der Waals surface area contributed by atoms with Gasteiger partial charge in [0.25, 0.3) is 0 Å². The van der Waals surface area contributed by atoms with Crippen molar-refractivity contribution in [3.63, 3.8) is 0 Å². The highest BCUT2D eigenvalue weighted by atomic mass is 16.1. The van der Waals surface area contributed by atoms with E-state index in [-0.39, 0.29) is 5.78 Å². The number of likely N-dealkylation sites (N-methyl/N-ethyl adjacent to an activating group) is 1. The monoisotopic (exact) mass is 284 g/mol. The van der Waals surface area contributed by atoms with Crippen LogP contribution in [0.5, 0.6) is 0 Å². The van der Waals surface area contributed by atoms with E-state index in [9.17, 15) is 4.79 Å². The van der Waals surface area contributed by atoms with Crippen molar-refractivity contribution in [2.45, 2.75) is 39.7 Å². The van der Waals surface area contributed by atoms with Gasteiger partial charge in [-0.05, 0) is 37.9 Å². The summed E-state index contributed by atoms with van der Waals surface area (Å²) in [5, 5.41) is 2.01. The number of nitrogens with zero attached hydrogens (tertiary/aromatic N) is 2. The maximum atomic E-state index is 13.2. The van der Waals surface area contributed by atoms with E-state index >= 15 is 0 Å². The van der Waals surface area contributed by atoms with Crippen LogP contribution in [0.1, 0.15) is 44.5 Å². The molecule has 0 radical (unpaired) electrons. The third-order valence-electron chi connectivity index (χ3n) is 4.56. The molecule has 0 saturated carbocycles. The summed E-state index contributed by atoms with van der Waals surface area (Å²) in [6.45, 7) is 10.1. The van der Waals surface area contributed by atoms with Crippen molar-refractivity contribution in [3.8, 4) is 0 Å². The van der Waals surface area contributed by atoms with E-state index in [1.807, 2.05) is 30.5 Å². The molecule has 0 amide bonds. The number of benzene rings is 1. The smallest absolute Gasteiger partial charge is 0.183 e. The van der Waals surface area contributed by atoms with Crippen molar-refractivity contribution >= 4 is 16.6 Å². The standard InChI is InChI=1S/C18H24N2O/c1-5-18(4,20(6-2)7-3)17(21)16-10-8-9-14-13-19-12-11-15(14)16/h8-13H,5-7H2,1-4H3. The first-order valence-electron chi connectivity index (χ1n) is 7.71. The van der Waals surface area contributed by atoms with Crippen LogP contribution in [0, 0.1) is 0 Å². The van der Waals surface area contributed by atoms with Crippen molar-refractivity contribution in [2.75, 3.05) is 13.1 Å². The van der Waals surface area contributed by atoms with Crippen LogP contribution in [-0.4, -0.2) is 34.3 Å². The molecule has 3 nitrogen and oxygen atoms in total. The van der Waals surface area contributed by atoms with Crippen LogP contribution in [0.4, 0.5) is 0 Å². The molecule has 0 N–H and O–H groups in total. The maximum absolute atomic E-state index is 13.2. The van der Waals surface area contributed by atoms with Gasteiger partial charge in [-0.2, -0.15) is 0 Å². The minimum Gasteiger partial charge on any atom is -0.292 e. The molecular formula is C18H24N2O. The van der Waals surface area contributed by atoms with Crippen LogP contribution in [-0.2, 0) is 0 Å². The number of pyridine rings is 1. The van der Waals surface area contributed by atoms with Crippen LogP contribution < -0.4 is 0 Å². The first-order valence-corrected chi connectivity index (χ1v) is 7.71. The Balaban J connectivity index is 2.55. The molecule has 1 atom stereocenters. The van der Waals surface area contributed by atoms with Gasteiger partial charge in [-0.15, -0.1) is 0 Å². The topological polar surface area (TPSA) is 33.2 Å². The van der Waals surface area contributed by atoms with Gasteiger partial charge in [0.1, 0.15) is 0 Å². The number of fused-ring (bicyclic) bond motifs is 1. The van der Waals surface area contributed by atoms with Gasteiger partial charge in [-0.25, -0.2) is 0 Å². The second-order valence-electron chi connectivity index (χ2n) is 5.53. The zero-order valence-electron chi connectivity index (χ0n) is 13.4. The number of carbonyl (C=O) groups is 1. The summed E-state index contributed by atoms with van der Waals surface area (Å²) in [4.78, 5) is 19.6. The lowest BCUT2D eigenvalue weighted by Crippen LogP contribution is -2.51. The summed E-state index contributed by atoms with van der Waals surface area (Å²) in [5.41, 5.74) is 0.340.